The number of ether oxygens (including phenoxy) is 6. The lowest BCUT2D eigenvalue weighted by Gasteiger charge is -2.31. The van der Waals surface area contributed by atoms with E-state index in [-0.39, 0.29) is 16.8 Å². The Kier molecular flexibility index (Phi) is 11.0. The molecule has 3 aliphatic heterocycles. The van der Waals surface area contributed by atoms with E-state index in [1.54, 1.807) is 0 Å². The fourth-order valence-electron chi connectivity index (χ4n) is 13.1. The van der Waals surface area contributed by atoms with Crippen LogP contribution in [0.5, 0.6) is 34.5 Å². The number of hydrogen-bond acceptors (Lipinski definition) is 6. The third-order valence-electron chi connectivity index (χ3n) is 16.5. The van der Waals surface area contributed by atoms with Gasteiger partial charge in [0.05, 0.1) is 35.1 Å². The maximum Gasteiger partial charge on any atom is 0.127 e. The molecule has 11 unspecified atom stereocenters. The highest BCUT2D eigenvalue weighted by Gasteiger charge is 2.70. The third-order valence-corrected chi connectivity index (χ3v) is 16.5. The van der Waals surface area contributed by atoms with E-state index in [4.69, 9.17) is 28.4 Å². The Balaban J connectivity index is 0.697. The molecule has 66 heavy (non-hydrogen) atoms. The van der Waals surface area contributed by atoms with Gasteiger partial charge in [-0.1, -0.05) is 97.9 Å². The molecule has 0 N–H and O–H groups in total. The van der Waals surface area contributed by atoms with Gasteiger partial charge >= 0.3 is 0 Å². The predicted molar refractivity (Wildman–Crippen MR) is 257 cm³/mol. The quantitative estimate of drug-likeness (QED) is 0.0755. The zero-order chi connectivity index (χ0) is 44.1. The van der Waals surface area contributed by atoms with E-state index in [0.29, 0.717) is 47.9 Å². The lowest BCUT2D eigenvalue weighted by atomic mass is 9.74. The molecule has 6 aromatic carbocycles. The smallest absolute Gasteiger partial charge is 0.127 e. The second-order valence-corrected chi connectivity index (χ2v) is 20.9. The van der Waals surface area contributed by atoms with E-state index in [1.807, 2.05) is 91.0 Å². The molecule has 0 bridgehead atoms. The monoisotopic (exact) mass is 878 g/mol. The van der Waals surface area contributed by atoms with Crippen LogP contribution in [0.2, 0.25) is 0 Å². The number of rotatable bonds is 19. The van der Waals surface area contributed by atoms with Gasteiger partial charge in [0.25, 0.3) is 0 Å². The van der Waals surface area contributed by atoms with Crippen LogP contribution in [0.15, 0.2) is 164 Å². The molecule has 3 saturated heterocycles. The van der Waals surface area contributed by atoms with Crippen molar-refractivity contribution in [3.05, 3.63) is 180 Å². The Bertz CT molecular complexity index is 2570. The van der Waals surface area contributed by atoms with Gasteiger partial charge in [0.2, 0.25) is 0 Å². The molecule has 338 valence electrons. The van der Waals surface area contributed by atoms with Crippen LogP contribution in [-0.4, -0.2) is 35.1 Å². The van der Waals surface area contributed by atoms with Gasteiger partial charge in [0, 0.05) is 0 Å². The van der Waals surface area contributed by atoms with Crippen molar-refractivity contribution in [1.82, 2.24) is 0 Å². The molecule has 3 saturated carbocycles. The predicted octanol–water partition coefficient (Wildman–Crippen LogP) is 14.2. The minimum atomic E-state index is -0.0273. The highest BCUT2D eigenvalue weighted by Crippen LogP contribution is 2.65. The van der Waals surface area contributed by atoms with Gasteiger partial charge in [-0.3, -0.25) is 0 Å². The van der Waals surface area contributed by atoms with Crippen LogP contribution >= 0.6 is 0 Å². The summed E-state index contributed by atoms with van der Waals surface area (Å²) in [4.78, 5) is 0. The Morgan fingerprint density at radius 2 is 0.818 bits per heavy atom. The van der Waals surface area contributed by atoms with Gasteiger partial charge < -0.3 is 28.4 Å². The van der Waals surface area contributed by atoms with E-state index < -0.39 is 0 Å². The third kappa shape index (κ3) is 8.80. The molecule has 0 radical (unpaired) electrons. The van der Waals surface area contributed by atoms with Gasteiger partial charge in [0.1, 0.15) is 34.5 Å². The number of fused-ring (bicyclic) bond motifs is 3. The van der Waals surface area contributed by atoms with E-state index in [0.717, 1.165) is 112 Å². The Morgan fingerprint density at radius 1 is 0.439 bits per heavy atom. The molecule has 12 rings (SSSR count). The van der Waals surface area contributed by atoms with Crippen LogP contribution < -0.4 is 14.2 Å². The first-order chi connectivity index (χ1) is 32.4. The molecule has 3 aliphatic carbocycles. The number of para-hydroxylation sites is 3. The minimum absolute atomic E-state index is 0.00107. The van der Waals surface area contributed by atoms with Gasteiger partial charge in [-0.2, -0.15) is 0 Å². The summed E-state index contributed by atoms with van der Waals surface area (Å²) in [5, 5.41) is 0. The first-order valence-corrected chi connectivity index (χ1v) is 24.9. The van der Waals surface area contributed by atoms with Crippen molar-refractivity contribution in [3.8, 4) is 34.5 Å². The summed E-state index contributed by atoms with van der Waals surface area (Å²) in [5.74, 6) is 8.13. The molecular formula is C60H62O6. The van der Waals surface area contributed by atoms with Crippen LogP contribution in [0.3, 0.4) is 0 Å². The fraction of sp³-hybridized carbons (Fsp3) is 0.400. The molecule has 6 aliphatic rings. The lowest BCUT2D eigenvalue weighted by Crippen LogP contribution is -2.33. The summed E-state index contributed by atoms with van der Waals surface area (Å²) in [7, 11) is 0. The second-order valence-electron chi connectivity index (χ2n) is 20.9. The van der Waals surface area contributed by atoms with Gasteiger partial charge in [-0.25, -0.2) is 0 Å². The highest BCUT2D eigenvalue weighted by atomic mass is 16.6. The Morgan fingerprint density at radius 3 is 1.29 bits per heavy atom. The molecule has 6 nitrogen and oxygen atoms in total. The standard InChI is InChI=1S/C60H62O6/c1-41(59-39-46(36-56(59)65-59)33-43-19-25-53(26-20-43)62-50-13-7-3-8-14-50)31-48(60-40-47(37-57(60)66-60)34-44-21-27-54(28-22-44)63-51-15-9-4-10-16-51)29-30-58-38-45(35-55(58)64-58)32-42-17-23-52(24-18-42)61-49-11-5-2-6-12-49/h2-28,41,45-48,55-57H,29-40H2,1H3. The Hall–Kier alpha value is -5.40. The van der Waals surface area contributed by atoms with Crippen molar-refractivity contribution >= 4 is 0 Å². The fourth-order valence-corrected chi connectivity index (χ4v) is 13.1. The van der Waals surface area contributed by atoms with Crippen LogP contribution in [-0.2, 0) is 33.5 Å². The van der Waals surface area contributed by atoms with E-state index >= 15 is 0 Å². The SMILES string of the molecule is CC(CC(CCC12CC(Cc3ccc(Oc4ccccc4)cc3)CC1O2)C12CC(Cc3ccc(Oc4ccccc4)cc3)CC1O2)C12CC(Cc3ccc(Oc4ccccc4)cc3)CC1O2. The van der Waals surface area contributed by atoms with Gasteiger partial charge in [-0.05, 0) is 196 Å². The summed E-state index contributed by atoms with van der Waals surface area (Å²) in [5.41, 5.74) is 4.15. The van der Waals surface area contributed by atoms with Gasteiger partial charge in [0.15, 0.2) is 0 Å². The van der Waals surface area contributed by atoms with Crippen LogP contribution in [0, 0.1) is 29.6 Å². The molecule has 0 amide bonds. The first kappa shape index (κ1) is 42.0. The largest absolute Gasteiger partial charge is 0.457 e. The topological polar surface area (TPSA) is 65.3 Å². The summed E-state index contributed by atoms with van der Waals surface area (Å²) >= 11 is 0. The van der Waals surface area contributed by atoms with E-state index in [2.05, 4.69) is 79.7 Å². The summed E-state index contributed by atoms with van der Waals surface area (Å²) in [6.45, 7) is 2.50. The summed E-state index contributed by atoms with van der Waals surface area (Å²) in [6, 6.07) is 56.3. The maximum absolute atomic E-state index is 6.90. The number of hydrogen-bond donors (Lipinski definition) is 0. The van der Waals surface area contributed by atoms with Crippen molar-refractivity contribution in [1.29, 1.82) is 0 Å². The van der Waals surface area contributed by atoms with Crippen LogP contribution in [0.4, 0.5) is 0 Å². The van der Waals surface area contributed by atoms with Crippen LogP contribution in [0.1, 0.15) is 81.4 Å². The second kappa shape index (κ2) is 17.4. The molecule has 0 aromatic heterocycles. The maximum atomic E-state index is 6.90. The molecule has 6 heteroatoms. The van der Waals surface area contributed by atoms with E-state index in [9.17, 15) is 0 Å². The van der Waals surface area contributed by atoms with Crippen molar-refractivity contribution in [2.75, 3.05) is 0 Å². The number of benzene rings is 6. The zero-order valence-corrected chi connectivity index (χ0v) is 38.1. The highest BCUT2D eigenvalue weighted by molar-refractivity contribution is 5.36. The normalized spacial score (nSPS) is 30.7. The van der Waals surface area contributed by atoms with Crippen molar-refractivity contribution in [2.24, 2.45) is 29.6 Å². The summed E-state index contributed by atoms with van der Waals surface area (Å²) < 4.78 is 38.5. The molecule has 6 fully saturated rings. The Labute approximate surface area is 390 Å². The lowest BCUT2D eigenvalue weighted by molar-refractivity contribution is 0.0980. The van der Waals surface area contributed by atoms with Crippen molar-refractivity contribution in [3.63, 3.8) is 0 Å². The molecule has 6 aromatic rings. The molecular weight excluding hydrogens is 817 g/mol. The van der Waals surface area contributed by atoms with E-state index in [1.165, 1.54) is 16.7 Å². The average Bonchev–Trinajstić information content (AvgIpc) is 4.26. The van der Waals surface area contributed by atoms with Gasteiger partial charge in [-0.15, -0.1) is 0 Å². The van der Waals surface area contributed by atoms with Crippen molar-refractivity contribution in [2.45, 2.75) is 119 Å². The molecule has 3 heterocycles. The number of epoxide rings is 3. The summed E-state index contributed by atoms with van der Waals surface area (Å²) in [6.07, 6.45) is 14.8. The average molecular weight is 879 g/mol. The molecule has 11 atom stereocenters. The van der Waals surface area contributed by atoms with Crippen LogP contribution in [0.25, 0.3) is 0 Å². The molecule has 0 spiro atoms. The zero-order valence-electron chi connectivity index (χ0n) is 38.1. The van der Waals surface area contributed by atoms with Crippen molar-refractivity contribution < 1.29 is 28.4 Å². The minimum Gasteiger partial charge on any atom is -0.457 e. The first-order valence-electron chi connectivity index (χ1n) is 24.9.